The number of ether oxygens (including phenoxy) is 2. The maximum absolute atomic E-state index is 10.8. The molecule has 2 aromatic carbocycles. The first kappa shape index (κ1) is 19.2. The van der Waals surface area contributed by atoms with Crippen molar-refractivity contribution in [3.8, 4) is 34.5 Å². The molecule has 2 heterocycles. The number of furan rings is 1. The van der Waals surface area contributed by atoms with Gasteiger partial charge in [0.25, 0.3) is 11.6 Å². The summed E-state index contributed by atoms with van der Waals surface area (Å²) >= 11 is 0. The minimum atomic E-state index is -0.467. The third-order valence-corrected chi connectivity index (χ3v) is 4.15. The van der Waals surface area contributed by atoms with Crippen LogP contribution in [0.2, 0.25) is 0 Å². The van der Waals surface area contributed by atoms with Crippen molar-refractivity contribution in [2.24, 2.45) is 0 Å². The fraction of sp³-hybridized carbons (Fsp3) is 0.143. The molecule has 0 fully saturated rings. The molecule has 30 heavy (non-hydrogen) atoms. The maximum atomic E-state index is 10.8. The van der Waals surface area contributed by atoms with Crippen LogP contribution in [0, 0.1) is 10.1 Å². The number of non-ortho nitro benzene ring substituents is 1. The van der Waals surface area contributed by atoms with Crippen molar-refractivity contribution in [2.75, 3.05) is 6.61 Å². The van der Waals surface area contributed by atoms with Gasteiger partial charge in [0.2, 0.25) is 5.82 Å². The van der Waals surface area contributed by atoms with Crippen LogP contribution in [0.4, 0.5) is 5.69 Å². The highest BCUT2D eigenvalue weighted by atomic mass is 16.6. The van der Waals surface area contributed by atoms with Crippen LogP contribution in [0.15, 0.2) is 69.6 Å². The third-order valence-electron chi connectivity index (χ3n) is 4.15. The van der Waals surface area contributed by atoms with Crippen LogP contribution in [0.1, 0.15) is 12.7 Å². The summed E-state index contributed by atoms with van der Waals surface area (Å²) in [7, 11) is 0. The van der Waals surface area contributed by atoms with Crippen LogP contribution >= 0.6 is 0 Å². The van der Waals surface area contributed by atoms with E-state index < -0.39 is 4.92 Å². The zero-order valence-corrected chi connectivity index (χ0v) is 16.0. The zero-order chi connectivity index (χ0) is 20.9. The van der Waals surface area contributed by atoms with Gasteiger partial charge in [0.05, 0.1) is 11.5 Å². The molecule has 0 bridgehead atoms. The number of nitrogens with zero attached hydrogens (tertiary/aromatic N) is 3. The molecule has 0 radical (unpaired) electrons. The Bertz CT molecular complexity index is 1130. The first-order valence-electron chi connectivity index (χ1n) is 9.15. The number of nitro benzene ring substituents is 1. The van der Waals surface area contributed by atoms with E-state index in [1.54, 1.807) is 24.3 Å². The van der Waals surface area contributed by atoms with Crippen molar-refractivity contribution < 1.29 is 23.3 Å². The minimum absolute atomic E-state index is 0.00864. The summed E-state index contributed by atoms with van der Waals surface area (Å²) in [6.07, 6.45) is 0. The van der Waals surface area contributed by atoms with E-state index in [0.717, 1.165) is 5.75 Å². The number of rotatable bonds is 8. The van der Waals surface area contributed by atoms with Crippen molar-refractivity contribution in [3.05, 3.63) is 76.5 Å². The Kier molecular flexibility index (Phi) is 5.42. The normalized spacial score (nSPS) is 10.7. The van der Waals surface area contributed by atoms with Crippen molar-refractivity contribution in [3.63, 3.8) is 0 Å². The fourth-order valence-corrected chi connectivity index (χ4v) is 2.70. The van der Waals surface area contributed by atoms with Gasteiger partial charge in [-0.15, -0.1) is 0 Å². The highest BCUT2D eigenvalue weighted by molar-refractivity contribution is 5.59. The SMILES string of the molecule is CCOc1ccc(OCc2ccc(-c3nc(-c4ccc([N+](=O)[O-])cc4)no3)o2)cc1. The Morgan fingerprint density at radius 1 is 0.967 bits per heavy atom. The Balaban J connectivity index is 1.41. The van der Waals surface area contributed by atoms with Gasteiger partial charge in [-0.25, -0.2) is 0 Å². The van der Waals surface area contributed by atoms with E-state index in [-0.39, 0.29) is 18.2 Å². The average Bonchev–Trinajstić information content (AvgIpc) is 3.43. The molecule has 0 unspecified atom stereocenters. The smallest absolute Gasteiger partial charge is 0.293 e. The molecule has 0 amide bonds. The fourth-order valence-electron chi connectivity index (χ4n) is 2.70. The molecule has 4 rings (SSSR count). The van der Waals surface area contributed by atoms with Crippen molar-refractivity contribution in [2.45, 2.75) is 13.5 Å². The second-order valence-electron chi connectivity index (χ2n) is 6.19. The number of nitro groups is 1. The van der Waals surface area contributed by atoms with E-state index in [9.17, 15) is 10.1 Å². The minimum Gasteiger partial charge on any atom is -0.494 e. The Morgan fingerprint density at radius 3 is 2.33 bits per heavy atom. The Hall–Kier alpha value is -4.14. The molecule has 0 spiro atoms. The van der Waals surface area contributed by atoms with Crippen LogP contribution in [0.3, 0.4) is 0 Å². The number of benzene rings is 2. The summed E-state index contributed by atoms with van der Waals surface area (Å²) in [5.41, 5.74) is 0.590. The number of hydrogen-bond donors (Lipinski definition) is 0. The van der Waals surface area contributed by atoms with Gasteiger partial charge in [-0.1, -0.05) is 5.16 Å². The highest BCUT2D eigenvalue weighted by Crippen LogP contribution is 2.26. The summed E-state index contributed by atoms with van der Waals surface area (Å²) in [6.45, 7) is 2.77. The topological polar surface area (TPSA) is 114 Å². The van der Waals surface area contributed by atoms with E-state index in [1.807, 2.05) is 31.2 Å². The summed E-state index contributed by atoms with van der Waals surface area (Å²) < 4.78 is 22.1. The molecule has 4 aromatic rings. The van der Waals surface area contributed by atoms with Crippen molar-refractivity contribution >= 4 is 5.69 Å². The Labute approximate surface area is 171 Å². The predicted molar refractivity (Wildman–Crippen MR) is 106 cm³/mol. The van der Waals surface area contributed by atoms with Crippen LogP contribution in [0.5, 0.6) is 11.5 Å². The molecule has 0 N–H and O–H groups in total. The molecular formula is C21H17N3O6. The summed E-state index contributed by atoms with van der Waals surface area (Å²) in [5.74, 6) is 2.98. The van der Waals surface area contributed by atoms with Crippen LogP contribution < -0.4 is 9.47 Å². The highest BCUT2D eigenvalue weighted by Gasteiger charge is 2.15. The lowest BCUT2D eigenvalue weighted by Gasteiger charge is -2.06. The molecule has 0 saturated heterocycles. The van der Waals surface area contributed by atoms with Crippen LogP contribution in [0.25, 0.3) is 23.0 Å². The lowest BCUT2D eigenvalue weighted by Crippen LogP contribution is -1.94. The molecule has 0 aliphatic heterocycles. The van der Waals surface area contributed by atoms with Gasteiger partial charge >= 0.3 is 0 Å². The van der Waals surface area contributed by atoms with Gasteiger partial charge in [-0.05, 0) is 55.5 Å². The van der Waals surface area contributed by atoms with E-state index >= 15 is 0 Å². The lowest BCUT2D eigenvalue weighted by molar-refractivity contribution is -0.384. The summed E-state index contributed by atoms with van der Waals surface area (Å²) in [4.78, 5) is 14.6. The summed E-state index contributed by atoms with van der Waals surface area (Å²) in [5, 5.41) is 14.7. The van der Waals surface area contributed by atoms with Gasteiger partial charge in [0.15, 0.2) is 5.76 Å². The third kappa shape index (κ3) is 4.30. The van der Waals surface area contributed by atoms with E-state index in [1.165, 1.54) is 12.1 Å². The van der Waals surface area contributed by atoms with Gasteiger partial charge in [0, 0.05) is 17.7 Å². The molecular weight excluding hydrogens is 390 g/mol. The van der Waals surface area contributed by atoms with Crippen molar-refractivity contribution in [1.29, 1.82) is 0 Å². The first-order valence-corrected chi connectivity index (χ1v) is 9.15. The van der Waals surface area contributed by atoms with Gasteiger partial charge in [0.1, 0.15) is 23.9 Å². The lowest BCUT2D eigenvalue weighted by atomic mass is 10.2. The van der Waals surface area contributed by atoms with Gasteiger partial charge < -0.3 is 18.4 Å². The first-order chi connectivity index (χ1) is 14.6. The van der Waals surface area contributed by atoms with Gasteiger partial charge in [-0.3, -0.25) is 10.1 Å². The largest absolute Gasteiger partial charge is 0.494 e. The summed E-state index contributed by atoms with van der Waals surface area (Å²) in [6, 6.07) is 16.7. The molecule has 9 nitrogen and oxygen atoms in total. The Morgan fingerprint density at radius 2 is 1.67 bits per heavy atom. The van der Waals surface area contributed by atoms with Crippen LogP contribution in [-0.2, 0) is 6.61 Å². The second-order valence-corrected chi connectivity index (χ2v) is 6.19. The molecule has 152 valence electrons. The predicted octanol–water partition coefficient (Wildman–Crippen LogP) is 4.88. The van der Waals surface area contributed by atoms with Gasteiger partial charge in [-0.2, -0.15) is 4.98 Å². The average molecular weight is 407 g/mol. The number of aromatic nitrogens is 2. The second kappa shape index (κ2) is 8.48. The van der Waals surface area contributed by atoms with Crippen molar-refractivity contribution in [1.82, 2.24) is 10.1 Å². The molecule has 0 aliphatic rings. The molecule has 0 aliphatic carbocycles. The zero-order valence-electron chi connectivity index (χ0n) is 16.0. The molecule has 2 aromatic heterocycles. The van der Waals surface area contributed by atoms with Crippen LogP contribution in [-0.4, -0.2) is 21.7 Å². The maximum Gasteiger partial charge on any atom is 0.293 e. The molecule has 0 saturated carbocycles. The quantitative estimate of drug-likeness (QED) is 0.300. The van der Waals surface area contributed by atoms with E-state index in [2.05, 4.69) is 10.1 Å². The van der Waals surface area contributed by atoms with E-state index in [4.69, 9.17) is 18.4 Å². The van der Waals surface area contributed by atoms with E-state index in [0.29, 0.717) is 35.3 Å². The monoisotopic (exact) mass is 407 g/mol. The molecule has 9 heteroatoms. The molecule has 0 atom stereocenters. The standard InChI is InChI=1S/C21H17N3O6/c1-2-27-16-7-9-17(10-8-16)28-13-18-11-12-19(29-18)21-22-20(23-30-21)14-3-5-15(6-4-14)24(25)26/h3-12H,2,13H2,1H3. The number of hydrogen-bond acceptors (Lipinski definition) is 8.